The minimum Gasteiger partial charge on any atom is -0.144 e. The first kappa shape index (κ1) is 8.64. The molecular weight excluding hydrogens is 235 g/mol. The maximum Gasteiger partial charge on any atom is 0.0785 e. The Bertz CT molecular complexity index is 433. The molecule has 0 atom stereocenters. The van der Waals surface area contributed by atoms with Gasteiger partial charge in [0.2, 0.25) is 0 Å². The highest BCUT2D eigenvalue weighted by molar-refractivity contribution is 7.17. The molecule has 0 spiro atoms. The smallest absolute Gasteiger partial charge is 0.0785 e. The summed E-state index contributed by atoms with van der Waals surface area (Å²) in [5.41, 5.74) is 0. The van der Waals surface area contributed by atoms with Gasteiger partial charge in [0, 0.05) is 10.1 Å². The number of hydrogen-bond acceptors (Lipinski definition) is 1. The van der Waals surface area contributed by atoms with Gasteiger partial charge in [-0.1, -0.05) is 34.8 Å². The van der Waals surface area contributed by atoms with E-state index in [0.29, 0.717) is 15.1 Å². The molecule has 2 aromatic rings. The van der Waals surface area contributed by atoms with E-state index in [9.17, 15) is 0 Å². The molecule has 0 saturated carbocycles. The monoisotopic (exact) mass is 236 g/mol. The van der Waals surface area contributed by atoms with Crippen LogP contribution >= 0.6 is 46.1 Å². The van der Waals surface area contributed by atoms with Gasteiger partial charge in [0.15, 0.2) is 0 Å². The van der Waals surface area contributed by atoms with E-state index in [4.69, 9.17) is 34.8 Å². The fraction of sp³-hybridized carbons (Fsp3) is 0. The van der Waals surface area contributed by atoms with Gasteiger partial charge < -0.3 is 0 Å². The molecule has 0 radical (unpaired) electrons. The molecule has 12 heavy (non-hydrogen) atoms. The molecule has 0 nitrogen and oxygen atoms in total. The van der Waals surface area contributed by atoms with Crippen molar-refractivity contribution in [3.8, 4) is 0 Å². The van der Waals surface area contributed by atoms with Crippen LogP contribution in [0.5, 0.6) is 0 Å². The average Bonchev–Trinajstić information content (AvgIpc) is 2.48. The number of benzene rings is 1. The minimum absolute atomic E-state index is 0.434. The second-order valence-electron chi connectivity index (χ2n) is 2.32. The second-order valence-corrected chi connectivity index (χ2v) is 4.43. The Balaban J connectivity index is 2.94. The molecule has 0 bridgehead atoms. The average molecular weight is 238 g/mol. The van der Waals surface area contributed by atoms with Crippen LogP contribution in [0.25, 0.3) is 10.1 Å². The quantitative estimate of drug-likeness (QED) is 0.574. The predicted molar refractivity (Wildman–Crippen MR) is 56.9 cm³/mol. The Morgan fingerprint density at radius 3 is 2.58 bits per heavy atom. The number of rotatable bonds is 0. The van der Waals surface area contributed by atoms with E-state index in [1.165, 1.54) is 0 Å². The number of hydrogen-bond donors (Lipinski definition) is 0. The summed E-state index contributed by atoms with van der Waals surface area (Å²) in [6.45, 7) is 0. The van der Waals surface area contributed by atoms with Crippen molar-refractivity contribution in [3.05, 3.63) is 32.6 Å². The summed E-state index contributed by atoms with van der Waals surface area (Å²) < 4.78 is 1.06. The van der Waals surface area contributed by atoms with Crippen LogP contribution in [0.1, 0.15) is 0 Å². The Hall–Kier alpha value is 0.0500. The lowest BCUT2D eigenvalue weighted by molar-refractivity contribution is 1.83. The van der Waals surface area contributed by atoms with Crippen molar-refractivity contribution in [1.29, 1.82) is 0 Å². The normalized spacial score (nSPS) is 10.9. The summed E-state index contributed by atoms with van der Waals surface area (Å²) in [7, 11) is 0. The predicted octanol–water partition coefficient (Wildman–Crippen LogP) is 4.86. The lowest BCUT2D eigenvalue weighted by atomic mass is 10.3. The van der Waals surface area contributed by atoms with Crippen molar-refractivity contribution in [2.24, 2.45) is 0 Å². The molecule has 0 aliphatic rings. The molecule has 1 aromatic carbocycles. The molecule has 2 rings (SSSR count). The zero-order valence-electron chi connectivity index (χ0n) is 5.77. The highest BCUT2D eigenvalue weighted by Crippen LogP contribution is 2.38. The van der Waals surface area contributed by atoms with E-state index in [1.54, 1.807) is 11.3 Å². The van der Waals surface area contributed by atoms with Gasteiger partial charge in [0.05, 0.1) is 15.1 Å². The van der Waals surface area contributed by atoms with Crippen LogP contribution in [0, 0.1) is 0 Å². The first-order chi connectivity index (χ1) is 5.70. The Morgan fingerprint density at radius 2 is 1.83 bits per heavy atom. The lowest BCUT2D eigenvalue weighted by Gasteiger charge is -1.99. The molecule has 4 heteroatoms. The summed E-state index contributed by atoms with van der Waals surface area (Å²) in [6.07, 6.45) is 0. The SMILES string of the molecule is Clc1cc2sccc2c(Cl)c1Cl. The Labute approximate surface area is 88.7 Å². The van der Waals surface area contributed by atoms with Crippen molar-refractivity contribution >= 4 is 56.2 Å². The molecule has 62 valence electrons. The van der Waals surface area contributed by atoms with E-state index < -0.39 is 0 Å². The van der Waals surface area contributed by atoms with E-state index in [0.717, 1.165) is 10.1 Å². The topological polar surface area (TPSA) is 0 Å². The highest BCUT2D eigenvalue weighted by atomic mass is 35.5. The van der Waals surface area contributed by atoms with Crippen LogP contribution in [-0.2, 0) is 0 Å². The molecular formula is C8H3Cl3S. The molecule has 0 aliphatic heterocycles. The Kier molecular flexibility index (Phi) is 2.21. The van der Waals surface area contributed by atoms with E-state index in [2.05, 4.69) is 0 Å². The van der Waals surface area contributed by atoms with Gasteiger partial charge in [-0.05, 0) is 17.5 Å². The molecule has 0 fully saturated rings. The fourth-order valence-electron chi connectivity index (χ4n) is 1.02. The minimum atomic E-state index is 0.434. The van der Waals surface area contributed by atoms with Crippen molar-refractivity contribution < 1.29 is 0 Å². The van der Waals surface area contributed by atoms with Gasteiger partial charge in [0.25, 0.3) is 0 Å². The first-order valence-electron chi connectivity index (χ1n) is 3.21. The van der Waals surface area contributed by atoms with Crippen molar-refractivity contribution in [3.63, 3.8) is 0 Å². The highest BCUT2D eigenvalue weighted by Gasteiger charge is 2.08. The van der Waals surface area contributed by atoms with Gasteiger partial charge in [0.1, 0.15) is 0 Å². The third-order valence-electron chi connectivity index (χ3n) is 1.59. The zero-order valence-corrected chi connectivity index (χ0v) is 8.86. The van der Waals surface area contributed by atoms with Gasteiger partial charge >= 0.3 is 0 Å². The molecule has 0 aliphatic carbocycles. The van der Waals surface area contributed by atoms with Crippen molar-refractivity contribution in [1.82, 2.24) is 0 Å². The van der Waals surface area contributed by atoms with Crippen LogP contribution in [-0.4, -0.2) is 0 Å². The maximum atomic E-state index is 5.96. The molecule has 1 aromatic heterocycles. The summed E-state index contributed by atoms with van der Waals surface area (Å²) in [5, 5.41) is 4.42. The molecule has 0 N–H and O–H groups in total. The summed E-state index contributed by atoms with van der Waals surface area (Å²) in [4.78, 5) is 0. The fourth-order valence-corrected chi connectivity index (χ4v) is 2.64. The Morgan fingerprint density at radius 1 is 1.08 bits per heavy atom. The standard InChI is InChI=1S/C8H3Cl3S/c9-5-3-6-4(1-2-12-6)7(10)8(5)11/h1-3H. The van der Waals surface area contributed by atoms with Gasteiger partial charge in [-0.25, -0.2) is 0 Å². The maximum absolute atomic E-state index is 5.96. The number of halogens is 3. The lowest BCUT2D eigenvalue weighted by Crippen LogP contribution is -1.71. The summed E-state index contributed by atoms with van der Waals surface area (Å²) >= 11 is 19.3. The van der Waals surface area contributed by atoms with Crippen LogP contribution < -0.4 is 0 Å². The van der Waals surface area contributed by atoms with Crippen LogP contribution in [0.15, 0.2) is 17.5 Å². The number of thiophene rings is 1. The van der Waals surface area contributed by atoms with Gasteiger partial charge in [-0.2, -0.15) is 0 Å². The van der Waals surface area contributed by atoms with Crippen LogP contribution in [0.2, 0.25) is 15.1 Å². The van der Waals surface area contributed by atoms with E-state index in [-0.39, 0.29) is 0 Å². The molecule has 1 heterocycles. The van der Waals surface area contributed by atoms with E-state index >= 15 is 0 Å². The molecule has 0 amide bonds. The molecule has 0 saturated heterocycles. The van der Waals surface area contributed by atoms with Gasteiger partial charge in [-0.3, -0.25) is 0 Å². The van der Waals surface area contributed by atoms with Crippen molar-refractivity contribution in [2.75, 3.05) is 0 Å². The second kappa shape index (κ2) is 3.08. The van der Waals surface area contributed by atoms with Gasteiger partial charge in [-0.15, -0.1) is 11.3 Å². The molecule has 0 unspecified atom stereocenters. The third-order valence-corrected chi connectivity index (χ3v) is 3.73. The summed E-state index contributed by atoms with van der Waals surface area (Å²) in [6, 6.07) is 3.76. The third kappa shape index (κ3) is 1.21. The van der Waals surface area contributed by atoms with E-state index in [1.807, 2.05) is 17.5 Å². The first-order valence-corrected chi connectivity index (χ1v) is 5.22. The summed E-state index contributed by atoms with van der Waals surface area (Å²) in [5.74, 6) is 0. The zero-order chi connectivity index (χ0) is 8.72. The van der Waals surface area contributed by atoms with Crippen molar-refractivity contribution in [2.45, 2.75) is 0 Å². The largest absolute Gasteiger partial charge is 0.144 e. The van der Waals surface area contributed by atoms with Crippen LogP contribution in [0.3, 0.4) is 0 Å². The number of fused-ring (bicyclic) bond motifs is 1. The van der Waals surface area contributed by atoms with Crippen LogP contribution in [0.4, 0.5) is 0 Å².